The molecule has 6 heteroatoms. The van der Waals surface area contributed by atoms with Crippen molar-refractivity contribution in [1.82, 2.24) is 19.6 Å². The highest BCUT2D eigenvalue weighted by atomic mass is 16.5. The molecule has 2 rings (SSSR count). The number of rotatable bonds is 3. The van der Waals surface area contributed by atoms with Crippen LogP contribution in [-0.2, 0) is 20.6 Å². The Labute approximate surface area is 100.0 Å². The number of hydrogen-bond acceptors (Lipinski definition) is 4. The Balaban J connectivity index is 2.39. The van der Waals surface area contributed by atoms with Crippen molar-refractivity contribution in [2.24, 2.45) is 19.8 Å². The van der Waals surface area contributed by atoms with Crippen molar-refractivity contribution in [2.45, 2.75) is 20.4 Å². The maximum atomic E-state index is 5.82. The minimum atomic E-state index is 0.409. The molecular weight excluding hydrogens is 218 g/mol. The first kappa shape index (κ1) is 11.7. The molecular formula is C11H17N5O. The summed E-state index contributed by atoms with van der Waals surface area (Å²) in [6.07, 6.45) is 0. The minimum absolute atomic E-state index is 0.409. The van der Waals surface area contributed by atoms with Gasteiger partial charge in [-0.25, -0.2) is 9.36 Å². The molecule has 0 saturated carbocycles. The molecule has 2 N–H and O–H groups in total. The third-order valence-corrected chi connectivity index (χ3v) is 2.65. The fourth-order valence-electron chi connectivity index (χ4n) is 1.82. The number of hydrogen-bond donors (Lipinski definition) is 1. The van der Waals surface area contributed by atoms with Gasteiger partial charge in [-0.3, -0.25) is 0 Å². The van der Waals surface area contributed by atoms with Crippen LogP contribution in [0.25, 0.3) is 0 Å². The lowest BCUT2D eigenvalue weighted by Gasteiger charge is -2.07. The molecule has 0 saturated heterocycles. The smallest absolute Gasteiger partial charge is 0.224 e. The first-order valence-corrected chi connectivity index (χ1v) is 5.44. The van der Waals surface area contributed by atoms with Gasteiger partial charge in [0.25, 0.3) is 0 Å². The number of aromatic nitrogens is 4. The normalized spacial score (nSPS) is 10.9. The maximum absolute atomic E-state index is 5.82. The Hall–Kier alpha value is -1.82. The van der Waals surface area contributed by atoms with Crippen molar-refractivity contribution in [3.63, 3.8) is 0 Å². The Bertz CT molecular complexity index is 540. The predicted octanol–water partition coefficient (Wildman–Crippen LogP) is 1.02. The van der Waals surface area contributed by atoms with Gasteiger partial charge in [-0.1, -0.05) is 0 Å². The summed E-state index contributed by atoms with van der Waals surface area (Å²) in [6.45, 7) is 4.25. The summed E-state index contributed by atoms with van der Waals surface area (Å²) in [5.41, 5.74) is 8.43. The summed E-state index contributed by atoms with van der Waals surface area (Å²) < 4.78 is 9.21. The van der Waals surface area contributed by atoms with Crippen molar-refractivity contribution in [3.8, 4) is 11.8 Å². The zero-order valence-corrected chi connectivity index (χ0v) is 10.6. The number of ether oxygens (including phenoxy) is 1. The summed E-state index contributed by atoms with van der Waals surface area (Å²) in [5.74, 6) is 1.35. The van der Waals surface area contributed by atoms with E-state index in [4.69, 9.17) is 10.5 Å². The van der Waals surface area contributed by atoms with E-state index in [9.17, 15) is 0 Å². The van der Waals surface area contributed by atoms with Gasteiger partial charge < -0.3 is 10.5 Å². The fraction of sp³-hybridized carbons (Fsp3) is 0.455. The van der Waals surface area contributed by atoms with Crippen molar-refractivity contribution >= 4 is 0 Å². The first-order chi connectivity index (χ1) is 8.02. The van der Waals surface area contributed by atoms with Crippen LogP contribution in [0.5, 0.6) is 11.8 Å². The van der Waals surface area contributed by atoms with Crippen LogP contribution in [0.3, 0.4) is 0 Å². The lowest BCUT2D eigenvalue weighted by atomic mass is 10.2. The average molecular weight is 235 g/mol. The molecule has 0 aromatic carbocycles. The quantitative estimate of drug-likeness (QED) is 0.862. The second-order valence-electron chi connectivity index (χ2n) is 4.05. The van der Waals surface area contributed by atoms with E-state index in [0.29, 0.717) is 18.3 Å². The van der Waals surface area contributed by atoms with Crippen molar-refractivity contribution < 1.29 is 4.74 Å². The van der Waals surface area contributed by atoms with Crippen LogP contribution in [0, 0.1) is 13.8 Å². The third-order valence-electron chi connectivity index (χ3n) is 2.65. The highest BCUT2D eigenvalue weighted by Gasteiger charge is 2.15. The summed E-state index contributed by atoms with van der Waals surface area (Å²) in [4.78, 5) is 0. The lowest BCUT2D eigenvalue weighted by molar-refractivity contribution is 0.388. The van der Waals surface area contributed by atoms with Crippen LogP contribution in [0.15, 0.2) is 6.07 Å². The number of nitrogens with two attached hydrogens (primary N) is 1. The molecule has 6 nitrogen and oxygen atoms in total. The van der Waals surface area contributed by atoms with E-state index in [2.05, 4.69) is 10.2 Å². The Morgan fingerprint density at radius 1 is 1.24 bits per heavy atom. The van der Waals surface area contributed by atoms with Crippen LogP contribution in [0.1, 0.15) is 17.0 Å². The van der Waals surface area contributed by atoms with Gasteiger partial charge in [0.05, 0.1) is 17.0 Å². The second kappa shape index (κ2) is 4.21. The van der Waals surface area contributed by atoms with Crippen LogP contribution in [-0.4, -0.2) is 19.6 Å². The molecule has 2 heterocycles. The molecule has 0 fully saturated rings. The van der Waals surface area contributed by atoms with E-state index in [-0.39, 0.29) is 0 Å². The molecule has 0 aliphatic heterocycles. The third kappa shape index (κ3) is 2.03. The van der Waals surface area contributed by atoms with Gasteiger partial charge in [0.2, 0.25) is 11.8 Å². The molecule has 17 heavy (non-hydrogen) atoms. The van der Waals surface area contributed by atoms with Crippen LogP contribution in [0.2, 0.25) is 0 Å². The summed E-state index contributed by atoms with van der Waals surface area (Å²) >= 11 is 0. The van der Waals surface area contributed by atoms with E-state index in [1.807, 2.05) is 34.0 Å². The highest BCUT2D eigenvalue weighted by Crippen LogP contribution is 2.26. The number of nitrogens with zero attached hydrogens (tertiary/aromatic N) is 4. The molecule has 92 valence electrons. The molecule has 0 amide bonds. The summed E-state index contributed by atoms with van der Waals surface area (Å²) in [5, 5.41) is 8.53. The largest absolute Gasteiger partial charge is 0.421 e. The van der Waals surface area contributed by atoms with Gasteiger partial charge in [-0.2, -0.15) is 10.2 Å². The van der Waals surface area contributed by atoms with Gasteiger partial charge in [0.1, 0.15) is 0 Å². The van der Waals surface area contributed by atoms with E-state index in [1.54, 1.807) is 9.36 Å². The Morgan fingerprint density at radius 2 is 1.94 bits per heavy atom. The van der Waals surface area contributed by atoms with E-state index in [1.165, 1.54) is 0 Å². The van der Waals surface area contributed by atoms with Crippen molar-refractivity contribution in [3.05, 3.63) is 23.0 Å². The minimum Gasteiger partial charge on any atom is -0.421 e. The monoisotopic (exact) mass is 235 g/mol. The van der Waals surface area contributed by atoms with Crippen molar-refractivity contribution in [1.29, 1.82) is 0 Å². The second-order valence-corrected chi connectivity index (χ2v) is 4.05. The summed E-state index contributed by atoms with van der Waals surface area (Å²) in [7, 11) is 3.68. The first-order valence-electron chi connectivity index (χ1n) is 5.44. The molecule has 0 atom stereocenters. The van der Waals surface area contributed by atoms with E-state index >= 15 is 0 Å². The van der Waals surface area contributed by atoms with E-state index < -0.39 is 0 Å². The zero-order chi connectivity index (χ0) is 12.6. The van der Waals surface area contributed by atoms with Gasteiger partial charge in [-0.05, 0) is 13.8 Å². The Morgan fingerprint density at radius 3 is 2.47 bits per heavy atom. The predicted molar refractivity (Wildman–Crippen MR) is 63.9 cm³/mol. The maximum Gasteiger partial charge on any atom is 0.224 e. The molecule has 2 aromatic rings. The average Bonchev–Trinajstić information content (AvgIpc) is 2.69. The van der Waals surface area contributed by atoms with Gasteiger partial charge >= 0.3 is 0 Å². The highest BCUT2D eigenvalue weighted by molar-refractivity contribution is 5.33. The SMILES string of the molecule is Cc1cc(Oc2c(CN)c(C)nn2C)n(C)n1. The molecule has 0 radical (unpaired) electrons. The number of aryl methyl sites for hydroxylation is 4. The Kier molecular flexibility index (Phi) is 2.89. The molecule has 0 aliphatic rings. The topological polar surface area (TPSA) is 70.9 Å². The van der Waals surface area contributed by atoms with Crippen LogP contribution < -0.4 is 10.5 Å². The fourth-order valence-corrected chi connectivity index (χ4v) is 1.82. The molecule has 0 bridgehead atoms. The lowest BCUT2D eigenvalue weighted by Crippen LogP contribution is -2.03. The molecule has 0 spiro atoms. The van der Waals surface area contributed by atoms with Crippen molar-refractivity contribution in [2.75, 3.05) is 0 Å². The standard InChI is InChI=1S/C11H17N5O/c1-7-5-10(15(3)13-7)17-11-9(6-12)8(2)14-16(11)4/h5H,6,12H2,1-4H3. The van der Waals surface area contributed by atoms with Crippen LogP contribution in [0.4, 0.5) is 0 Å². The zero-order valence-electron chi connectivity index (χ0n) is 10.6. The van der Waals surface area contributed by atoms with Gasteiger partial charge in [-0.15, -0.1) is 0 Å². The van der Waals surface area contributed by atoms with Gasteiger partial charge in [0, 0.05) is 26.7 Å². The molecule has 0 aliphatic carbocycles. The molecule has 0 unspecified atom stereocenters. The summed E-state index contributed by atoms with van der Waals surface area (Å²) in [6, 6.07) is 1.88. The van der Waals surface area contributed by atoms with E-state index in [0.717, 1.165) is 17.0 Å². The van der Waals surface area contributed by atoms with Crippen LogP contribution >= 0.6 is 0 Å². The molecule has 2 aromatic heterocycles. The van der Waals surface area contributed by atoms with Gasteiger partial charge in [0.15, 0.2) is 0 Å².